The van der Waals surface area contributed by atoms with Crippen LogP contribution in [0.25, 0.3) is 0 Å². The lowest BCUT2D eigenvalue weighted by atomic mass is 9.73. The monoisotopic (exact) mass is 417 g/mol. The van der Waals surface area contributed by atoms with Crippen molar-refractivity contribution in [2.75, 3.05) is 26.2 Å². The molecule has 0 radical (unpaired) electrons. The van der Waals surface area contributed by atoms with Crippen molar-refractivity contribution in [3.05, 3.63) is 0 Å². The maximum Gasteiger partial charge on any atom is 0.220 e. The van der Waals surface area contributed by atoms with Gasteiger partial charge in [-0.1, -0.05) is 68.7 Å². The van der Waals surface area contributed by atoms with Crippen LogP contribution in [-0.4, -0.2) is 37.3 Å². The van der Waals surface area contributed by atoms with E-state index in [0.29, 0.717) is 42.8 Å². The first kappa shape index (κ1) is 33.0. The zero-order valence-corrected chi connectivity index (χ0v) is 21.2. The van der Waals surface area contributed by atoms with Crippen LogP contribution >= 0.6 is 0 Å². The normalized spacial score (nSPS) is 11.5. The molecule has 0 bridgehead atoms. The Morgan fingerprint density at radius 1 is 0.931 bits per heavy atom. The van der Waals surface area contributed by atoms with Crippen LogP contribution in [0.5, 0.6) is 0 Å². The molecule has 1 amide bonds. The molecule has 6 N–H and O–H groups in total. The lowest BCUT2D eigenvalue weighted by molar-refractivity contribution is -0.121. The third-order valence-electron chi connectivity index (χ3n) is 4.18. The van der Waals surface area contributed by atoms with Gasteiger partial charge in [-0.3, -0.25) is 4.79 Å². The molecular formula is C24H55N3O2. The molecule has 0 atom stereocenters. The molecule has 0 aromatic rings. The van der Waals surface area contributed by atoms with Gasteiger partial charge in [0, 0.05) is 26.1 Å². The number of nitrogens with one attached hydrogen (secondary N) is 1. The summed E-state index contributed by atoms with van der Waals surface area (Å²) in [7, 11) is 0. The van der Waals surface area contributed by atoms with Gasteiger partial charge in [0.25, 0.3) is 0 Å². The molecule has 0 aromatic heterocycles. The van der Waals surface area contributed by atoms with Crippen LogP contribution < -0.4 is 16.8 Å². The van der Waals surface area contributed by atoms with E-state index in [1.54, 1.807) is 0 Å². The quantitative estimate of drug-likeness (QED) is 0.391. The van der Waals surface area contributed by atoms with Crippen molar-refractivity contribution >= 4 is 5.91 Å². The summed E-state index contributed by atoms with van der Waals surface area (Å²) in [5.41, 5.74) is 11.2. The Hall–Kier alpha value is -0.650. The predicted molar refractivity (Wildman–Crippen MR) is 129 cm³/mol. The number of aliphatic hydroxyl groups excluding tert-OH is 1. The van der Waals surface area contributed by atoms with Crippen LogP contribution in [0, 0.1) is 22.7 Å². The molecule has 0 rings (SSSR count). The van der Waals surface area contributed by atoms with Crippen LogP contribution in [0.3, 0.4) is 0 Å². The van der Waals surface area contributed by atoms with Crippen LogP contribution in [0.1, 0.15) is 101 Å². The predicted octanol–water partition coefficient (Wildman–Crippen LogP) is 4.71. The molecular weight excluding hydrogens is 362 g/mol. The maximum absolute atomic E-state index is 10.9. The van der Waals surface area contributed by atoms with Gasteiger partial charge in [0.15, 0.2) is 0 Å². The Kier molecular flexibility index (Phi) is 22.0. The molecule has 0 aliphatic carbocycles. The van der Waals surface area contributed by atoms with E-state index < -0.39 is 0 Å². The first-order valence-corrected chi connectivity index (χ1v) is 11.5. The summed E-state index contributed by atoms with van der Waals surface area (Å²) in [6.07, 6.45) is 6.35. The van der Waals surface area contributed by atoms with Crippen molar-refractivity contribution < 1.29 is 9.90 Å². The minimum Gasteiger partial charge on any atom is -0.396 e. The number of amides is 1. The molecule has 0 saturated heterocycles. The fraction of sp³-hybridized carbons (Fsp3) is 0.958. The molecule has 0 saturated carbocycles. The first-order valence-electron chi connectivity index (χ1n) is 11.5. The second-order valence-electron chi connectivity index (χ2n) is 10.8. The van der Waals surface area contributed by atoms with Crippen molar-refractivity contribution in [2.24, 2.45) is 34.1 Å². The van der Waals surface area contributed by atoms with E-state index in [2.05, 4.69) is 67.6 Å². The highest BCUT2D eigenvalue weighted by molar-refractivity contribution is 5.75. The van der Waals surface area contributed by atoms with Gasteiger partial charge >= 0.3 is 0 Å². The van der Waals surface area contributed by atoms with Crippen molar-refractivity contribution in [1.82, 2.24) is 5.32 Å². The average molecular weight is 418 g/mol. The number of carbonyl (C=O) groups excluding carboxylic acids is 1. The number of nitrogens with two attached hydrogens (primary N) is 2. The summed E-state index contributed by atoms with van der Waals surface area (Å²) in [4.78, 5) is 10.9. The third-order valence-corrected chi connectivity index (χ3v) is 4.18. The van der Waals surface area contributed by atoms with Gasteiger partial charge in [-0.05, 0) is 54.9 Å². The molecule has 0 fully saturated rings. The summed E-state index contributed by atoms with van der Waals surface area (Å²) >= 11 is 0. The van der Waals surface area contributed by atoms with Gasteiger partial charge in [0.2, 0.25) is 5.91 Å². The van der Waals surface area contributed by atoms with E-state index >= 15 is 0 Å². The largest absolute Gasteiger partial charge is 0.396 e. The Morgan fingerprint density at radius 2 is 1.45 bits per heavy atom. The average Bonchev–Trinajstić information content (AvgIpc) is 2.56. The molecule has 0 aliphatic rings. The van der Waals surface area contributed by atoms with Gasteiger partial charge in [0.1, 0.15) is 0 Å². The lowest BCUT2D eigenvalue weighted by Crippen LogP contribution is -2.28. The van der Waals surface area contributed by atoms with Crippen molar-refractivity contribution in [3.63, 3.8) is 0 Å². The van der Waals surface area contributed by atoms with E-state index in [-0.39, 0.29) is 12.5 Å². The van der Waals surface area contributed by atoms with E-state index in [4.69, 9.17) is 16.6 Å². The Labute approximate surface area is 182 Å². The molecule has 0 unspecified atom stereocenters. The summed E-state index contributed by atoms with van der Waals surface area (Å²) < 4.78 is 0. The highest BCUT2D eigenvalue weighted by atomic mass is 16.3. The van der Waals surface area contributed by atoms with Crippen LogP contribution in [0.2, 0.25) is 0 Å². The molecule has 0 heterocycles. The standard InChI is InChI=1S/C13H28.C8H18N2O.C3H9NO/c1-11(2)8-9-13(6,7)10-12(3,4)5;1-7(2)3-4-8(11)10-6-5-9;4-2-1-3-5/h11H,8-10H2,1-7H3;7H,3-6,9H2,1-2H3,(H,10,11);5H,1-4H2. The number of hydrogen-bond donors (Lipinski definition) is 4. The summed E-state index contributed by atoms with van der Waals surface area (Å²) in [6.45, 7) is 22.6. The van der Waals surface area contributed by atoms with Crippen LogP contribution in [0.4, 0.5) is 0 Å². The zero-order valence-electron chi connectivity index (χ0n) is 21.2. The Bertz CT molecular complexity index is 360. The molecule has 0 spiro atoms. The van der Waals surface area contributed by atoms with Gasteiger partial charge in [0.05, 0.1) is 0 Å². The van der Waals surface area contributed by atoms with E-state index in [0.717, 1.165) is 18.8 Å². The molecule has 5 nitrogen and oxygen atoms in total. The summed E-state index contributed by atoms with van der Waals surface area (Å²) in [5, 5.41) is 10.7. The lowest BCUT2D eigenvalue weighted by Gasteiger charge is -2.33. The summed E-state index contributed by atoms with van der Waals surface area (Å²) in [6, 6.07) is 0. The van der Waals surface area contributed by atoms with E-state index in [9.17, 15) is 4.79 Å². The van der Waals surface area contributed by atoms with E-state index in [1.165, 1.54) is 19.3 Å². The first-order chi connectivity index (χ1) is 13.2. The minimum absolute atomic E-state index is 0.115. The number of aliphatic hydroxyl groups is 1. The van der Waals surface area contributed by atoms with E-state index in [1.807, 2.05) is 0 Å². The Balaban J connectivity index is -0.000000383. The smallest absolute Gasteiger partial charge is 0.220 e. The molecule has 0 aliphatic heterocycles. The highest BCUT2D eigenvalue weighted by Gasteiger charge is 2.25. The topological polar surface area (TPSA) is 101 Å². The fourth-order valence-corrected chi connectivity index (χ4v) is 3.01. The SMILES string of the molecule is CC(C)CCC(=O)NCCN.CC(C)CCC(C)(C)CC(C)(C)C.NCCCO. The molecule has 29 heavy (non-hydrogen) atoms. The molecule has 5 heteroatoms. The summed E-state index contributed by atoms with van der Waals surface area (Å²) in [5.74, 6) is 1.56. The number of rotatable bonds is 11. The van der Waals surface area contributed by atoms with Gasteiger partial charge in [-0.15, -0.1) is 0 Å². The second kappa shape index (κ2) is 19.3. The second-order valence-corrected chi connectivity index (χ2v) is 10.8. The van der Waals surface area contributed by atoms with Gasteiger partial charge in [-0.25, -0.2) is 0 Å². The minimum atomic E-state index is 0.115. The number of carbonyl (C=O) groups is 1. The number of hydrogen-bond acceptors (Lipinski definition) is 4. The van der Waals surface area contributed by atoms with Crippen molar-refractivity contribution in [2.45, 2.75) is 101 Å². The molecule has 178 valence electrons. The van der Waals surface area contributed by atoms with Crippen LogP contribution in [-0.2, 0) is 4.79 Å². The molecule has 0 aromatic carbocycles. The van der Waals surface area contributed by atoms with Crippen molar-refractivity contribution in [1.29, 1.82) is 0 Å². The van der Waals surface area contributed by atoms with Crippen molar-refractivity contribution in [3.8, 4) is 0 Å². The Morgan fingerprint density at radius 3 is 1.76 bits per heavy atom. The fourth-order valence-electron chi connectivity index (χ4n) is 3.01. The maximum atomic E-state index is 10.9. The third kappa shape index (κ3) is 35.2. The van der Waals surface area contributed by atoms with Gasteiger partial charge in [-0.2, -0.15) is 0 Å². The van der Waals surface area contributed by atoms with Gasteiger partial charge < -0.3 is 21.9 Å². The highest BCUT2D eigenvalue weighted by Crippen LogP contribution is 2.37. The van der Waals surface area contributed by atoms with Crippen LogP contribution in [0.15, 0.2) is 0 Å². The zero-order chi connectivity index (χ0) is 23.5.